The molecule has 2 aliphatic carbocycles. The first-order chi connectivity index (χ1) is 27.3. The predicted octanol–water partition coefficient (Wildman–Crippen LogP) is 6.69. The number of pyridine rings is 1. The Bertz CT molecular complexity index is 1930. The first kappa shape index (κ1) is 41.8. The van der Waals surface area contributed by atoms with Crippen LogP contribution in [0.3, 0.4) is 0 Å². The van der Waals surface area contributed by atoms with Gasteiger partial charge >= 0.3 is 0 Å². The number of hydrogen-bond donors (Lipinski definition) is 1. The van der Waals surface area contributed by atoms with Crippen molar-refractivity contribution in [2.24, 2.45) is 29.1 Å². The van der Waals surface area contributed by atoms with Gasteiger partial charge in [0.25, 0.3) is 5.91 Å². The first-order valence-corrected chi connectivity index (χ1v) is 20.8. The Morgan fingerprint density at radius 2 is 1.67 bits per heavy atom. The van der Waals surface area contributed by atoms with Crippen LogP contribution in [0, 0.1) is 29.1 Å². The summed E-state index contributed by atoms with van der Waals surface area (Å²) < 4.78 is 6.56. The van der Waals surface area contributed by atoms with Crippen molar-refractivity contribution in [3.63, 3.8) is 0 Å². The van der Waals surface area contributed by atoms with Crippen LogP contribution in [0.5, 0.6) is 5.75 Å². The van der Waals surface area contributed by atoms with Gasteiger partial charge in [0.2, 0.25) is 11.7 Å². The lowest BCUT2D eigenvalue weighted by molar-refractivity contribution is -0.147. The first-order valence-electron chi connectivity index (χ1n) is 20.8. The smallest absolute Gasteiger partial charge is 0.272 e. The largest absolute Gasteiger partial charge is 0.488 e. The monoisotopic (exact) mass is 779 g/mol. The van der Waals surface area contributed by atoms with Gasteiger partial charge in [-0.1, -0.05) is 65.5 Å². The van der Waals surface area contributed by atoms with E-state index in [0.717, 1.165) is 55.8 Å². The number of para-hydroxylation sites is 1. The molecular weight excluding hydrogens is 723 g/mol. The van der Waals surface area contributed by atoms with Crippen LogP contribution in [0.4, 0.5) is 0 Å². The number of carbonyl (C=O) groups is 6. The molecule has 304 valence electrons. The standard InChI is InChI=1S/C45H57N5O7/c1-5-11-30(42(54)39(53)22-28-16-17-28)23-37(51)36-24-31(57-40-18-19-47-34-15-10-9-14-32(34)40)27-50(36)44(56)33(45(2,3)4)25-38(52)41(29-12-7-6-8-13-29)49-43(55)35-26-46-20-21-48-35/h9-10,14-15,18-21,26,28-31,33,36,41H,5-8,11-13,16-17,22-25,27H2,1-4H3,(H,49,55)/t30-,31-,33-,36+,41+/m1/s1. The van der Waals surface area contributed by atoms with Crippen LogP contribution in [-0.4, -0.2) is 79.5 Å². The molecule has 3 heterocycles. The topological polar surface area (TPSA) is 166 Å². The van der Waals surface area contributed by atoms with Crippen molar-refractivity contribution >= 4 is 45.9 Å². The minimum Gasteiger partial charge on any atom is -0.488 e. The fourth-order valence-electron chi connectivity index (χ4n) is 8.60. The number of fused-ring (bicyclic) bond motifs is 1. The summed E-state index contributed by atoms with van der Waals surface area (Å²) in [6.45, 7) is 7.73. The molecule has 3 fully saturated rings. The van der Waals surface area contributed by atoms with Gasteiger partial charge in [0.15, 0.2) is 17.3 Å². The Labute approximate surface area is 335 Å². The number of nitrogens with zero attached hydrogens (tertiary/aromatic N) is 4. The van der Waals surface area contributed by atoms with Crippen molar-refractivity contribution in [1.29, 1.82) is 0 Å². The summed E-state index contributed by atoms with van der Waals surface area (Å²) in [4.78, 5) is 97.8. The maximum Gasteiger partial charge on any atom is 0.272 e. The zero-order chi connectivity index (χ0) is 40.7. The minimum absolute atomic E-state index is 0.0904. The molecule has 0 unspecified atom stereocenters. The van der Waals surface area contributed by atoms with Crippen LogP contribution in [0.15, 0.2) is 55.1 Å². The highest BCUT2D eigenvalue weighted by Gasteiger charge is 2.47. The maximum atomic E-state index is 15.0. The number of ketones is 4. The zero-order valence-electron chi connectivity index (χ0n) is 33.8. The average Bonchev–Trinajstić information content (AvgIpc) is 3.93. The van der Waals surface area contributed by atoms with Gasteiger partial charge in [-0.2, -0.15) is 0 Å². The molecule has 2 amide bonds. The van der Waals surface area contributed by atoms with E-state index in [4.69, 9.17) is 4.74 Å². The van der Waals surface area contributed by atoms with E-state index in [9.17, 15) is 24.0 Å². The van der Waals surface area contributed by atoms with Gasteiger partial charge < -0.3 is 15.0 Å². The van der Waals surface area contributed by atoms with Crippen LogP contribution < -0.4 is 10.1 Å². The summed E-state index contributed by atoms with van der Waals surface area (Å²) in [5.74, 6) is -3.17. The summed E-state index contributed by atoms with van der Waals surface area (Å²) in [6.07, 6.45) is 12.9. The third kappa shape index (κ3) is 10.6. The molecular formula is C45H57N5O7. The molecule has 0 bridgehead atoms. The lowest BCUT2D eigenvalue weighted by Gasteiger charge is -2.36. The molecule has 1 aliphatic heterocycles. The van der Waals surface area contributed by atoms with Crippen molar-refractivity contribution in [3.05, 3.63) is 60.8 Å². The number of benzene rings is 1. The van der Waals surface area contributed by atoms with Gasteiger partial charge in [-0.25, -0.2) is 4.98 Å². The summed E-state index contributed by atoms with van der Waals surface area (Å²) in [5, 5.41) is 3.76. The van der Waals surface area contributed by atoms with E-state index in [2.05, 4.69) is 20.3 Å². The van der Waals surface area contributed by atoms with E-state index in [-0.39, 0.29) is 67.2 Å². The molecule has 2 aromatic heterocycles. The molecule has 2 saturated carbocycles. The van der Waals surface area contributed by atoms with E-state index < -0.39 is 52.9 Å². The zero-order valence-corrected chi connectivity index (χ0v) is 33.8. The van der Waals surface area contributed by atoms with Gasteiger partial charge in [-0.15, -0.1) is 0 Å². The van der Waals surface area contributed by atoms with Crippen molar-refractivity contribution in [3.8, 4) is 5.75 Å². The van der Waals surface area contributed by atoms with Gasteiger partial charge in [0, 0.05) is 61.5 Å². The number of carbonyl (C=O) groups excluding carboxylic acids is 6. The fourth-order valence-corrected chi connectivity index (χ4v) is 8.60. The highest BCUT2D eigenvalue weighted by atomic mass is 16.5. The van der Waals surface area contributed by atoms with Crippen LogP contribution in [0.25, 0.3) is 10.9 Å². The number of aromatic nitrogens is 3. The Balaban J connectivity index is 1.27. The summed E-state index contributed by atoms with van der Waals surface area (Å²) in [5.41, 5.74) is 0.147. The molecule has 12 heteroatoms. The molecule has 57 heavy (non-hydrogen) atoms. The Kier molecular flexibility index (Phi) is 13.6. The lowest BCUT2D eigenvalue weighted by Crippen LogP contribution is -2.51. The predicted molar refractivity (Wildman–Crippen MR) is 214 cm³/mol. The number of nitrogens with one attached hydrogen (secondary N) is 1. The van der Waals surface area contributed by atoms with Crippen LogP contribution >= 0.6 is 0 Å². The van der Waals surface area contributed by atoms with Gasteiger partial charge in [0.1, 0.15) is 17.5 Å². The second kappa shape index (κ2) is 18.6. The highest BCUT2D eigenvalue weighted by molar-refractivity contribution is 6.38. The number of amides is 2. The van der Waals surface area contributed by atoms with E-state index in [0.29, 0.717) is 18.6 Å². The van der Waals surface area contributed by atoms with Crippen molar-refractivity contribution < 1.29 is 33.5 Å². The number of Topliss-reactive ketones (excluding diaryl/α,β-unsaturated/α-hetero) is 4. The van der Waals surface area contributed by atoms with E-state index in [1.165, 1.54) is 18.6 Å². The Morgan fingerprint density at radius 3 is 2.35 bits per heavy atom. The number of likely N-dealkylation sites (tertiary alicyclic amines) is 1. The average molecular weight is 780 g/mol. The molecule has 12 nitrogen and oxygen atoms in total. The maximum absolute atomic E-state index is 15.0. The van der Waals surface area contributed by atoms with Gasteiger partial charge in [0.05, 0.1) is 30.3 Å². The third-order valence-corrected chi connectivity index (χ3v) is 12.0. The van der Waals surface area contributed by atoms with Crippen LogP contribution in [-0.2, 0) is 24.0 Å². The normalized spacial score (nSPS) is 20.4. The Hall–Kier alpha value is -4.87. The molecule has 6 rings (SSSR count). The van der Waals surface area contributed by atoms with E-state index in [1.807, 2.05) is 52.0 Å². The molecule has 1 N–H and O–H groups in total. The number of hydrogen-bond acceptors (Lipinski definition) is 10. The van der Waals surface area contributed by atoms with Gasteiger partial charge in [-0.3, -0.25) is 38.7 Å². The molecule has 1 aromatic carbocycles. The van der Waals surface area contributed by atoms with Crippen LogP contribution in [0.2, 0.25) is 0 Å². The molecule has 3 aliphatic rings. The SMILES string of the molecule is CCC[C@H](CC(=O)[C@@H]1C[C@@H](Oc2ccnc3ccccc23)CN1C(=O)[C@@H](CC(=O)[C@@H](NC(=O)c1cnccn1)C1CCCCC1)C(C)(C)C)C(=O)C(=O)CC1CC1. The van der Waals surface area contributed by atoms with Crippen LogP contribution in [0.1, 0.15) is 122 Å². The summed E-state index contributed by atoms with van der Waals surface area (Å²) in [7, 11) is 0. The molecule has 1 saturated heterocycles. The van der Waals surface area contributed by atoms with Gasteiger partial charge in [-0.05, 0) is 67.6 Å². The van der Waals surface area contributed by atoms with E-state index in [1.54, 1.807) is 17.2 Å². The van der Waals surface area contributed by atoms with Crippen molar-refractivity contribution in [2.75, 3.05) is 6.54 Å². The molecule has 3 aromatic rings. The summed E-state index contributed by atoms with van der Waals surface area (Å²) in [6, 6.07) is 7.60. The van der Waals surface area contributed by atoms with Crippen molar-refractivity contribution in [1.82, 2.24) is 25.2 Å². The van der Waals surface area contributed by atoms with Crippen molar-refractivity contribution in [2.45, 2.75) is 129 Å². The number of rotatable bonds is 18. The molecule has 5 atom stereocenters. The summed E-state index contributed by atoms with van der Waals surface area (Å²) >= 11 is 0. The quantitative estimate of drug-likeness (QED) is 0.138. The lowest BCUT2D eigenvalue weighted by atomic mass is 9.74. The highest BCUT2D eigenvalue weighted by Crippen LogP contribution is 2.38. The second-order valence-corrected chi connectivity index (χ2v) is 17.4. The number of ether oxygens (including phenoxy) is 1. The Morgan fingerprint density at radius 1 is 0.912 bits per heavy atom. The molecule has 0 spiro atoms. The minimum atomic E-state index is -0.924. The second-order valence-electron chi connectivity index (χ2n) is 17.4. The third-order valence-electron chi connectivity index (χ3n) is 12.0. The fraction of sp³-hybridized carbons (Fsp3) is 0.578. The molecule has 0 radical (unpaired) electrons. The van der Waals surface area contributed by atoms with E-state index >= 15 is 4.79 Å².